The second kappa shape index (κ2) is 20.1. The third kappa shape index (κ3) is 14.5. The molecule has 43 heavy (non-hydrogen) atoms. The van der Waals surface area contributed by atoms with E-state index in [2.05, 4.69) is 60.7 Å². The molecule has 1 aliphatic rings. The molecule has 0 saturated heterocycles. The maximum absolute atomic E-state index is 8.45. The normalized spacial score (nSPS) is 15.9. The van der Waals surface area contributed by atoms with Gasteiger partial charge in [0.05, 0.1) is 18.8 Å². The summed E-state index contributed by atoms with van der Waals surface area (Å²) in [6.07, 6.45) is 17.8. The molecular formula is C38H67N3O2. The lowest BCUT2D eigenvalue weighted by molar-refractivity contribution is 0.236. The standard InChI is InChI=1S/C38H67N3O2/c1-27(2)13-9-15-29(5)17-11-19-31(7)23-25-42-34-22-21-33-35(38(40)41-37(33)39)36(34)43-26-24-32(8)20-12-18-30(6)16-10-14-28(3)4/h21-22,27-32H,9-20,23-26H2,1-8H3,(H3,39,40,41). The molecule has 1 aromatic carbocycles. The van der Waals surface area contributed by atoms with Crippen molar-refractivity contribution in [2.24, 2.45) is 35.5 Å². The van der Waals surface area contributed by atoms with E-state index in [1.165, 1.54) is 77.0 Å². The molecule has 3 N–H and O–H groups in total. The molecule has 0 fully saturated rings. The number of rotatable bonds is 24. The van der Waals surface area contributed by atoms with Gasteiger partial charge in [-0.05, 0) is 60.5 Å². The van der Waals surface area contributed by atoms with Gasteiger partial charge in [0.2, 0.25) is 0 Å². The van der Waals surface area contributed by atoms with E-state index in [0.29, 0.717) is 42.1 Å². The Morgan fingerprint density at radius 3 is 1.42 bits per heavy atom. The van der Waals surface area contributed by atoms with E-state index in [4.69, 9.17) is 20.3 Å². The van der Waals surface area contributed by atoms with Gasteiger partial charge in [-0.1, -0.05) is 132 Å². The smallest absolute Gasteiger partial charge is 0.172 e. The van der Waals surface area contributed by atoms with Crippen LogP contribution in [0.3, 0.4) is 0 Å². The number of fused-ring (bicyclic) bond motifs is 1. The monoisotopic (exact) mass is 598 g/mol. The number of hydrogen-bond acceptors (Lipinski definition) is 4. The fourth-order valence-electron chi connectivity index (χ4n) is 6.22. The summed E-state index contributed by atoms with van der Waals surface area (Å²) in [5.41, 5.74) is 1.40. The summed E-state index contributed by atoms with van der Waals surface area (Å²) in [7, 11) is 0. The van der Waals surface area contributed by atoms with E-state index in [-0.39, 0.29) is 11.7 Å². The summed E-state index contributed by atoms with van der Waals surface area (Å²) in [5.74, 6) is 6.30. The summed E-state index contributed by atoms with van der Waals surface area (Å²) >= 11 is 0. The molecule has 4 atom stereocenters. The van der Waals surface area contributed by atoms with Crippen molar-refractivity contribution in [1.82, 2.24) is 5.32 Å². The number of ether oxygens (including phenoxy) is 2. The van der Waals surface area contributed by atoms with Crippen LogP contribution in [0.1, 0.15) is 156 Å². The molecule has 1 heterocycles. The van der Waals surface area contributed by atoms with Gasteiger partial charge in [0, 0.05) is 5.56 Å². The van der Waals surface area contributed by atoms with Crippen LogP contribution in [0.15, 0.2) is 12.1 Å². The van der Waals surface area contributed by atoms with Crippen LogP contribution in [0, 0.1) is 46.3 Å². The summed E-state index contributed by atoms with van der Waals surface area (Å²) in [5, 5.41) is 19.6. The van der Waals surface area contributed by atoms with E-state index in [0.717, 1.165) is 42.1 Å². The highest BCUT2D eigenvalue weighted by atomic mass is 16.5. The van der Waals surface area contributed by atoms with Gasteiger partial charge in [0.1, 0.15) is 11.7 Å². The number of hydrogen-bond donors (Lipinski definition) is 3. The molecule has 0 bridgehead atoms. The molecule has 0 aromatic heterocycles. The van der Waals surface area contributed by atoms with E-state index in [1.807, 2.05) is 12.1 Å². The fourth-order valence-corrected chi connectivity index (χ4v) is 6.22. The minimum absolute atomic E-state index is 0.232. The van der Waals surface area contributed by atoms with Crippen molar-refractivity contribution >= 4 is 11.7 Å². The first-order valence-electron chi connectivity index (χ1n) is 17.8. The average Bonchev–Trinajstić information content (AvgIpc) is 3.22. The van der Waals surface area contributed by atoms with Crippen molar-refractivity contribution in [3.63, 3.8) is 0 Å². The lowest BCUT2D eigenvalue weighted by Crippen LogP contribution is -2.20. The van der Waals surface area contributed by atoms with Crippen molar-refractivity contribution in [2.45, 2.75) is 145 Å². The summed E-state index contributed by atoms with van der Waals surface area (Å²) in [6.45, 7) is 20.0. The molecule has 1 aromatic rings. The van der Waals surface area contributed by atoms with E-state index < -0.39 is 0 Å². The number of benzene rings is 1. The predicted molar refractivity (Wildman–Crippen MR) is 185 cm³/mol. The van der Waals surface area contributed by atoms with Gasteiger partial charge in [-0.3, -0.25) is 10.8 Å². The summed E-state index contributed by atoms with van der Waals surface area (Å²) < 4.78 is 12.7. The molecule has 5 nitrogen and oxygen atoms in total. The van der Waals surface area contributed by atoms with Crippen LogP contribution in [0.5, 0.6) is 11.5 Å². The van der Waals surface area contributed by atoms with Crippen LogP contribution in [0.25, 0.3) is 0 Å². The van der Waals surface area contributed by atoms with Gasteiger partial charge >= 0.3 is 0 Å². The Balaban J connectivity index is 1.80. The second-order valence-corrected chi connectivity index (χ2v) is 14.9. The Hall–Kier alpha value is -2.04. The Morgan fingerprint density at radius 2 is 0.953 bits per heavy atom. The Bertz CT molecular complexity index is 957. The predicted octanol–water partition coefficient (Wildman–Crippen LogP) is 11.0. The molecule has 1 aliphatic heterocycles. The molecule has 2 rings (SSSR count). The molecule has 246 valence electrons. The van der Waals surface area contributed by atoms with Crippen molar-refractivity contribution in [1.29, 1.82) is 10.8 Å². The number of amidine groups is 2. The molecular weight excluding hydrogens is 530 g/mol. The average molecular weight is 598 g/mol. The van der Waals surface area contributed by atoms with Crippen LogP contribution in [0.4, 0.5) is 0 Å². The van der Waals surface area contributed by atoms with Gasteiger partial charge in [-0.25, -0.2) is 0 Å². The Morgan fingerprint density at radius 1 is 0.535 bits per heavy atom. The zero-order valence-electron chi connectivity index (χ0n) is 29.2. The van der Waals surface area contributed by atoms with Crippen molar-refractivity contribution < 1.29 is 9.47 Å². The first-order valence-corrected chi connectivity index (χ1v) is 17.8. The van der Waals surface area contributed by atoms with Gasteiger partial charge in [0.15, 0.2) is 11.5 Å². The van der Waals surface area contributed by atoms with Crippen LogP contribution >= 0.6 is 0 Å². The van der Waals surface area contributed by atoms with Gasteiger partial charge in [-0.2, -0.15) is 0 Å². The molecule has 5 heteroatoms. The molecule has 0 amide bonds. The summed E-state index contributed by atoms with van der Waals surface area (Å²) in [4.78, 5) is 0. The highest BCUT2D eigenvalue weighted by Gasteiger charge is 2.28. The van der Waals surface area contributed by atoms with Gasteiger partial charge in [0.25, 0.3) is 0 Å². The maximum atomic E-state index is 8.45. The Kier molecular flexibility index (Phi) is 17.3. The third-order valence-electron chi connectivity index (χ3n) is 9.36. The fraction of sp³-hybridized carbons (Fsp3) is 0.789. The minimum Gasteiger partial charge on any atom is -0.490 e. The van der Waals surface area contributed by atoms with E-state index in [9.17, 15) is 0 Å². The van der Waals surface area contributed by atoms with Crippen molar-refractivity contribution in [3.05, 3.63) is 23.3 Å². The van der Waals surface area contributed by atoms with Crippen LogP contribution in [-0.2, 0) is 0 Å². The first kappa shape index (κ1) is 37.1. The zero-order chi connectivity index (χ0) is 31.8. The highest BCUT2D eigenvalue weighted by Crippen LogP contribution is 2.37. The van der Waals surface area contributed by atoms with E-state index in [1.54, 1.807) is 0 Å². The molecule has 0 saturated carbocycles. The minimum atomic E-state index is 0.232. The quantitative estimate of drug-likeness (QED) is 0.111. The Labute approximate surface area is 265 Å². The lowest BCUT2D eigenvalue weighted by atomic mass is 9.93. The second-order valence-electron chi connectivity index (χ2n) is 14.9. The van der Waals surface area contributed by atoms with Gasteiger partial charge in [-0.15, -0.1) is 0 Å². The van der Waals surface area contributed by atoms with Crippen LogP contribution in [-0.4, -0.2) is 24.9 Å². The largest absolute Gasteiger partial charge is 0.490 e. The van der Waals surface area contributed by atoms with Crippen molar-refractivity contribution in [3.8, 4) is 11.5 Å². The molecule has 0 aliphatic carbocycles. The SMILES string of the molecule is CC(C)CCCC(C)CCCC(C)CCOc1ccc2c(c1OCCC(C)CCCC(C)CCCC(C)C)C(=N)NC2=N. The van der Waals surface area contributed by atoms with E-state index >= 15 is 0 Å². The third-order valence-corrected chi connectivity index (χ3v) is 9.36. The molecule has 4 unspecified atom stereocenters. The van der Waals surface area contributed by atoms with Gasteiger partial charge < -0.3 is 14.8 Å². The molecule has 0 spiro atoms. The summed E-state index contributed by atoms with van der Waals surface area (Å²) in [6, 6.07) is 3.82. The number of nitrogens with one attached hydrogen (secondary N) is 3. The first-order chi connectivity index (χ1) is 20.5. The molecule has 0 radical (unpaired) electrons. The van der Waals surface area contributed by atoms with Crippen molar-refractivity contribution in [2.75, 3.05) is 13.2 Å². The highest BCUT2D eigenvalue weighted by molar-refractivity contribution is 6.24. The zero-order valence-corrected chi connectivity index (χ0v) is 29.2. The lowest BCUT2D eigenvalue weighted by Gasteiger charge is -2.19. The van der Waals surface area contributed by atoms with Crippen LogP contribution < -0.4 is 14.8 Å². The maximum Gasteiger partial charge on any atom is 0.172 e. The van der Waals surface area contributed by atoms with Crippen LogP contribution in [0.2, 0.25) is 0 Å². The topological polar surface area (TPSA) is 78.2 Å².